The lowest BCUT2D eigenvalue weighted by molar-refractivity contribution is -0.0172. The molecule has 7 heteroatoms. The Hall–Kier alpha value is -2.48. The van der Waals surface area contributed by atoms with E-state index >= 15 is 0 Å². The molecule has 2 heterocycles. The molecule has 0 unspecified atom stereocenters. The van der Waals surface area contributed by atoms with Crippen molar-refractivity contribution in [2.75, 3.05) is 39.6 Å². The van der Waals surface area contributed by atoms with E-state index in [4.69, 9.17) is 14.2 Å². The summed E-state index contributed by atoms with van der Waals surface area (Å²) in [5, 5.41) is 2.92. The summed E-state index contributed by atoms with van der Waals surface area (Å²) in [7, 11) is 0. The summed E-state index contributed by atoms with van der Waals surface area (Å²) < 4.78 is 29.9. The molecule has 0 aliphatic carbocycles. The van der Waals surface area contributed by atoms with Crippen molar-refractivity contribution in [3.8, 4) is 5.75 Å². The Labute approximate surface area is 169 Å². The quantitative estimate of drug-likeness (QED) is 0.808. The largest absolute Gasteiger partial charge is 0.467 e. The Bertz CT molecular complexity index is 868. The van der Waals surface area contributed by atoms with Gasteiger partial charge in [-0.1, -0.05) is 12.1 Å². The van der Waals surface area contributed by atoms with Crippen LogP contribution in [-0.4, -0.2) is 50.4 Å². The lowest BCUT2D eigenvalue weighted by Crippen LogP contribution is -2.35. The third-order valence-electron chi connectivity index (χ3n) is 5.13. The van der Waals surface area contributed by atoms with Gasteiger partial charge >= 0.3 is 0 Å². The number of ether oxygens (including phenoxy) is 3. The van der Waals surface area contributed by atoms with Gasteiger partial charge in [0.25, 0.3) is 5.91 Å². The highest BCUT2D eigenvalue weighted by atomic mass is 19.1. The van der Waals surface area contributed by atoms with E-state index in [0.29, 0.717) is 36.4 Å². The van der Waals surface area contributed by atoms with E-state index in [1.165, 1.54) is 12.1 Å². The first-order valence-electron chi connectivity index (χ1n) is 9.88. The lowest BCUT2D eigenvalue weighted by Gasteiger charge is -2.26. The summed E-state index contributed by atoms with van der Waals surface area (Å²) in [6.45, 7) is 5.00. The molecule has 6 nitrogen and oxygen atoms in total. The van der Waals surface area contributed by atoms with Gasteiger partial charge in [-0.15, -0.1) is 0 Å². The molecule has 2 aliphatic rings. The molecule has 0 radical (unpaired) electrons. The SMILES string of the molecule is O=C(NCCc1cc(F)cc2c1OCOC2)c1cccc(CN2CCOCC2)c1. The first kappa shape index (κ1) is 19.8. The van der Waals surface area contributed by atoms with Crippen molar-refractivity contribution < 1.29 is 23.4 Å². The number of amides is 1. The zero-order valence-electron chi connectivity index (χ0n) is 16.3. The fourth-order valence-electron chi connectivity index (χ4n) is 3.68. The van der Waals surface area contributed by atoms with Crippen LogP contribution in [0.5, 0.6) is 5.75 Å². The monoisotopic (exact) mass is 400 g/mol. The highest BCUT2D eigenvalue weighted by molar-refractivity contribution is 5.94. The molecule has 1 saturated heterocycles. The van der Waals surface area contributed by atoms with Gasteiger partial charge in [-0.05, 0) is 41.8 Å². The summed E-state index contributed by atoms with van der Waals surface area (Å²) in [5.74, 6) is 0.206. The van der Waals surface area contributed by atoms with Gasteiger partial charge < -0.3 is 19.5 Å². The van der Waals surface area contributed by atoms with E-state index in [1.807, 2.05) is 24.3 Å². The number of hydrogen-bond donors (Lipinski definition) is 1. The van der Waals surface area contributed by atoms with Crippen molar-refractivity contribution in [1.82, 2.24) is 10.2 Å². The van der Waals surface area contributed by atoms with Crippen LogP contribution in [0.1, 0.15) is 27.0 Å². The number of rotatable bonds is 6. The second kappa shape index (κ2) is 9.35. The minimum absolute atomic E-state index is 0.136. The number of benzene rings is 2. The molecule has 1 fully saturated rings. The summed E-state index contributed by atoms with van der Waals surface area (Å²) in [4.78, 5) is 14.9. The Morgan fingerprint density at radius 2 is 2.00 bits per heavy atom. The number of carbonyl (C=O) groups is 1. The van der Waals surface area contributed by atoms with Crippen molar-refractivity contribution in [2.45, 2.75) is 19.6 Å². The maximum atomic E-state index is 13.8. The first-order valence-corrected chi connectivity index (χ1v) is 9.88. The number of morpholine rings is 1. The van der Waals surface area contributed by atoms with Gasteiger partial charge in [-0.2, -0.15) is 0 Å². The molecule has 2 aliphatic heterocycles. The van der Waals surface area contributed by atoms with E-state index in [0.717, 1.165) is 44.0 Å². The molecule has 1 N–H and O–H groups in total. The van der Waals surface area contributed by atoms with Gasteiger partial charge in [0, 0.05) is 37.3 Å². The lowest BCUT2D eigenvalue weighted by atomic mass is 10.0. The summed E-state index contributed by atoms with van der Waals surface area (Å²) >= 11 is 0. The van der Waals surface area contributed by atoms with Crippen LogP contribution in [0.3, 0.4) is 0 Å². The van der Waals surface area contributed by atoms with E-state index in [9.17, 15) is 9.18 Å². The molecule has 1 amide bonds. The number of fused-ring (bicyclic) bond motifs is 1. The van der Waals surface area contributed by atoms with Crippen molar-refractivity contribution in [1.29, 1.82) is 0 Å². The Morgan fingerprint density at radius 3 is 2.86 bits per heavy atom. The van der Waals surface area contributed by atoms with Crippen LogP contribution in [0.2, 0.25) is 0 Å². The topological polar surface area (TPSA) is 60.0 Å². The fraction of sp³-hybridized carbons (Fsp3) is 0.409. The third-order valence-corrected chi connectivity index (χ3v) is 5.13. The Kier molecular flexibility index (Phi) is 6.39. The number of hydrogen-bond acceptors (Lipinski definition) is 5. The van der Waals surface area contributed by atoms with Gasteiger partial charge in [0.2, 0.25) is 0 Å². The minimum Gasteiger partial charge on any atom is -0.467 e. The van der Waals surface area contributed by atoms with Crippen LogP contribution in [0.15, 0.2) is 36.4 Å². The zero-order valence-corrected chi connectivity index (χ0v) is 16.3. The summed E-state index contributed by atoms with van der Waals surface area (Å²) in [5.41, 5.74) is 3.17. The van der Waals surface area contributed by atoms with E-state index < -0.39 is 0 Å². The second-order valence-corrected chi connectivity index (χ2v) is 7.26. The molecule has 0 bridgehead atoms. The van der Waals surface area contributed by atoms with E-state index in [2.05, 4.69) is 10.2 Å². The molecule has 29 heavy (non-hydrogen) atoms. The maximum Gasteiger partial charge on any atom is 0.251 e. The van der Waals surface area contributed by atoms with Gasteiger partial charge in [-0.25, -0.2) is 4.39 Å². The molecule has 0 aromatic heterocycles. The van der Waals surface area contributed by atoms with Crippen LogP contribution in [0.25, 0.3) is 0 Å². The van der Waals surface area contributed by atoms with E-state index in [1.54, 1.807) is 0 Å². The average Bonchev–Trinajstić information content (AvgIpc) is 2.74. The molecule has 4 rings (SSSR count). The highest BCUT2D eigenvalue weighted by Gasteiger charge is 2.17. The Morgan fingerprint density at radius 1 is 1.14 bits per heavy atom. The molecular weight excluding hydrogens is 375 g/mol. The standard InChI is InChI=1S/C22H25FN2O4/c23-20-11-17(21-19(12-20)14-28-15-29-21)4-5-24-22(26)18-3-1-2-16(10-18)13-25-6-8-27-9-7-25/h1-3,10-12H,4-9,13-15H2,(H,24,26). The minimum atomic E-state index is -0.324. The van der Waals surface area contributed by atoms with E-state index in [-0.39, 0.29) is 18.5 Å². The average molecular weight is 400 g/mol. The molecule has 0 spiro atoms. The first-order chi connectivity index (χ1) is 14.2. The van der Waals surface area contributed by atoms with Crippen LogP contribution in [-0.2, 0) is 29.0 Å². The number of carbonyl (C=O) groups excluding carboxylic acids is 1. The maximum absolute atomic E-state index is 13.8. The van der Waals surface area contributed by atoms with Crippen LogP contribution in [0.4, 0.5) is 4.39 Å². The highest BCUT2D eigenvalue weighted by Crippen LogP contribution is 2.29. The molecule has 154 valence electrons. The molecule has 2 aromatic rings. The van der Waals surface area contributed by atoms with Crippen LogP contribution >= 0.6 is 0 Å². The zero-order chi connectivity index (χ0) is 20.1. The molecule has 0 saturated carbocycles. The molecular formula is C22H25FN2O4. The number of nitrogens with one attached hydrogen (secondary N) is 1. The predicted octanol–water partition coefficient (Wildman–Crippen LogP) is 2.50. The van der Waals surface area contributed by atoms with Crippen molar-refractivity contribution >= 4 is 5.91 Å². The summed E-state index contributed by atoms with van der Waals surface area (Å²) in [6.07, 6.45) is 0.485. The van der Waals surface area contributed by atoms with Crippen LogP contribution < -0.4 is 10.1 Å². The fourth-order valence-corrected chi connectivity index (χ4v) is 3.68. The second-order valence-electron chi connectivity index (χ2n) is 7.26. The van der Waals surface area contributed by atoms with Gasteiger partial charge in [0.05, 0.1) is 19.8 Å². The third kappa shape index (κ3) is 5.12. The van der Waals surface area contributed by atoms with Gasteiger partial charge in [0.1, 0.15) is 11.6 Å². The van der Waals surface area contributed by atoms with Crippen molar-refractivity contribution in [2.24, 2.45) is 0 Å². The summed E-state index contributed by atoms with van der Waals surface area (Å²) in [6, 6.07) is 10.6. The van der Waals surface area contributed by atoms with Crippen molar-refractivity contribution in [3.63, 3.8) is 0 Å². The molecule has 0 atom stereocenters. The number of halogens is 1. The van der Waals surface area contributed by atoms with Gasteiger partial charge in [-0.3, -0.25) is 9.69 Å². The molecule has 2 aromatic carbocycles. The van der Waals surface area contributed by atoms with Crippen LogP contribution in [0, 0.1) is 5.82 Å². The van der Waals surface area contributed by atoms with Crippen molar-refractivity contribution in [3.05, 3.63) is 64.5 Å². The Balaban J connectivity index is 1.34. The number of nitrogens with zero attached hydrogens (tertiary/aromatic N) is 1. The predicted molar refractivity (Wildman–Crippen MR) is 105 cm³/mol. The van der Waals surface area contributed by atoms with Gasteiger partial charge in [0.15, 0.2) is 6.79 Å². The normalized spacial score (nSPS) is 16.7. The smallest absolute Gasteiger partial charge is 0.251 e.